The number of carbonyl (C=O) groups is 3. The molecule has 8 unspecified atom stereocenters. The van der Waals surface area contributed by atoms with Crippen molar-refractivity contribution in [2.75, 3.05) is 120 Å². The molecule has 9 rings (SSSR count). The zero-order valence-corrected chi connectivity index (χ0v) is 75.6. The van der Waals surface area contributed by atoms with Crippen LogP contribution in [0.1, 0.15) is 104 Å². The molecule has 38 atom stereocenters. The van der Waals surface area contributed by atoms with Crippen LogP contribution in [-0.2, 0) is 71.2 Å². The van der Waals surface area contributed by atoms with E-state index in [1.807, 2.05) is 12.2 Å². The van der Waals surface area contributed by atoms with E-state index in [-0.39, 0.29) is 83.8 Å². The zero-order valence-electron chi connectivity index (χ0n) is 75.6. The highest BCUT2D eigenvalue weighted by Gasteiger charge is 2.58. The van der Waals surface area contributed by atoms with Crippen LogP contribution in [-0.4, -0.2) is 427 Å². The van der Waals surface area contributed by atoms with Gasteiger partial charge in [-0.15, -0.1) is 0 Å². The van der Waals surface area contributed by atoms with Gasteiger partial charge in [-0.1, -0.05) is 0 Å². The summed E-state index contributed by atoms with van der Waals surface area (Å²) in [6.07, 6.45) is -23.4. The molecule has 3 saturated carbocycles. The third-order valence-electron chi connectivity index (χ3n) is 25.5. The van der Waals surface area contributed by atoms with Crippen molar-refractivity contribution >= 4 is 17.3 Å². The third kappa shape index (κ3) is 30.7. The molecule has 0 radical (unpaired) electrons. The smallest absolute Gasteiger partial charge is 0.292 e. The molecule has 0 aromatic rings. The summed E-state index contributed by atoms with van der Waals surface area (Å²) >= 11 is 0. The number of ketones is 3. The van der Waals surface area contributed by atoms with E-state index in [0.29, 0.717) is 75.8 Å². The van der Waals surface area contributed by atoms with Crippen LogP contribution in [0.5, 0.6) is 0 Å². The first kappa shape index (κ1) is 114. The molecule has 762 valence electrons. The number of carbonyl (C=O) groups excluding carboxylic acids is 3. The molecule has 6 heterocycles. The molecule has 0 aromatic heterocycles. The number of hydrogen-bond acceptors (Lipinski definition) is 46. The van der Waals surface area contributed by atoms with Crippen LogP contribution in [0, 0.1) is 17.8 Å². The maximum atomic E-state index is 14.1. The Balaban J connectivity index is 0.000000269. The molecule has 0 aromatic carbocycles. The topological polar surface area (TPSA) is 804 Å². The van der Waals surface area contributed by atoms with Crippen LogP contribution in [0.3, 0.4) is 0 Å². The Bertz CT molecular complexity index is 3510. The van der Waals surface area contributed by atoms with Crippen molar-refractivity contribution in [1.82, 2.24) is 31.9 Å². The monoisotopic (exact) mass is 1900 g/mol. The standard InChI is InChI=1S/C28H52F2N6O9.C28H54N6O10.C26H48FN5O10/c1-27(41)13-42-26(20(39)23(27)35-2)44-21-14(10-18(37)24(40)28(29,30)12-33)9-16(34)22(19(21)38)45-25-17(36-8-4-3-7-31)6-5-15(11-32)43-25;1-28(40)13-41-27(22(39)25(28)33-2)43-23-14(10-18(35)20(37)19(36)12-31)9-16(32)24(21(23)38)44-26-17(34-8-4-3-7-29)6-5-15(11-30)42-26;1-26(38)11-39-25(20(37)23(26)31-2)41-21-12(8-17(34)18(35)14(27)9-28)7-16(30)22(19(21)36)42-24-15(29)4-3-13(40-24)10-32-5-6-33/h5,14,16-17,19-26,35-36,38-41H,3-4,6-13,31-34H2,1-2H3;5,14,16-17,19-27,33-34,36-40H,3-4,6-13,29-32H2,1-2H3;3,12,14-16,18-25,31-33,35-38H,4-11,28-30H2,1-2H3/t14-,16-,17+,19+,20+,21-,22?,23+,24?,25+,26+,27-;14-,16-,17+,19?,20?,21+,22+,23-,24?,25+,26+,27+,28-;12-,14?,15+,16-,18?,19+,20+,21-,22?,23+,24+,25+,26-/m000/s1. The second-order valence-electron chi connectivity index (χ2n) is 36.0. The lowest BCUT2D eigenvalue weighted by atomic mass is 9.76. The van der Waals surface area contributed by atoms with Crippen molar-refractivity contribution in [3.63, 3.8) is 0 Å². The summed E-state index contributed by atoms with van der Waals surface area (Å²) in [4.78, 5) is 38.5. The Morgan fingerprint density at radius 2 is 0.824 bits per heavy atom. The molecule has 49 heteroatoms. The van der Waals surface area contributed by atoms with Crippen LogP contribution in [0.15, 0.2) is 35.5 Å². The first-order valence-corrected chi connectivity index (χ1v) is 45.1. The number of nitrogens with two attached hydrogens (primary N) is 11. The number of likely N-dealkylation sites (N-methyl/N-ethyl adjacent to an activating group) is 3. The van der Waals surface area contributed by atoms with Gasteiger partial charge in [-0.3, -0.25) is 14.4 Å². The Kier molecular flexibility index (Phi) is 46.3. The molecule has 3 saturated heterocycles. The van der Waals surface area contributed by atoms with Crippen LogP contribution in [0.4, 0.5) is 13.2 Å². The van der Waals surface area contributed by atoms with Crippen molar-refractivity contribution in [3.8, 4) is 0 Å². The van der Waals surface area contributed by atoms with Gasteiger partial charge in [0.15, 0.2) is 42.3 Å². The maximum absolute atomic E-state index is 14.1. The molecule has 46 nitrogen and oxygen atoms in total. The minimum absolute atomic E-state index is 0.0448. The van der Waals surface area contributed by atoms with Gasteiger partial charge in [-0.05, 0) is 168 Å². The fraction of sp³-hybridized carbons (Fsp3) is 0.890. The second-order valence-corrected chi connectivity index (χ2v) is 36.0. The lowest BCUT2D eigenvalue weighted by molar-refractivity contribution is -0.308. The van der Waals surface area contributed by atoms with Gasteiger partial charge < -0.3 is 223 Å². The maximum Gasteiger partial charge on any atom is 0.292 e. The molecule has 42 N–H and O–H groups in total. The van der Waals surface area contributed by atoms with Crippen molar-refractivity contribution in [2.24, 2.45) is 80.8 Å². The van der Waals surface area contributed by atoms with Gasteiger partial charge >= 0.3 is 0 Å². The average molecular weight is 1900 g/mol. The summed E-state index contributed by atoms with van der Waals surface area (Å²) in [5.74, 6) is -7.73. The van der Waals surface area contributed by atoms with E-state index >= 15 is 0 Å². The molecule has 9 aliphatic rings. The molecular weight excluding hydrogens is 1740 g/mol. The van der Waals surface area contributed by atoms with E-state index in [0.717, 1.165) is 25.7 Å². The Hall–Kier alpha value is -4.18. The number of ether oxygens (including phenoxy) is 12. The van der Waals surface area contributed by atoms with Gasteiger partial charge in [0.1, 0.15) is 107 Å². The SMILES string of the molecule is CN[C@@H]1[C@@H](O)[C@@H](O[C@H]2[C@H](CC(=O)C(O)C(F)(F)CN)C[C@H](N)C(O[C@H]3OC(CN)=CC[C@H]3NCCCCN)[C@@H]2O)OC[C@]1(C)O.CN[C@@H]1[C@@H](O)[C@@H](O[C@H]2[C@H](CC(=O)C(O)C(F)CN)C[C@H](N)C(O[C@H]3OC(CNCCO)=CC[C@H]3N)[C@@H]2O)OC[C@]1(C)O.CN[C@@H]1[C@@H](O)[C@@H](O[C@H]2[C@H](CC(=O)C(O)C(O)CN)C[C@H](N)C(O[C@H]3OC(CN)=CC[C@H]3NCCCCN)[C@@H]2O)OC[C@]1(C)O. The molecule has 3 aliphatic carbocycles. The summed E-state index contributed by atoms with van der Waals surface area (Å²) in [6.45, 7) is 4.93. The lowest BCUT2D eigenvalue weighted by Gasteiger charge is -2.49. The summed E-state index contributed by atoms with van der Waals surface area (Å²) in [6, 6.07) is -6.39. The largest absolute Gasteiger partial charge is 0.467 e. The predicted octanol–water partition coefficient (Wildman–Crippen LogP) is -12.2. The fourth-order valence-corrected chi connectivity index (χ4v) is 18.0. The Morgan fingerprint density at radius 1 is 0.473 bits per heavy atom. The number of halogens is 3. The van der Waals surface area contributed by atoms with Crippen LogP contribution < -0.4 is 95.0 Å². The highest BCUT2D eigenvalue weighted by atomic mass is 19.3. The highest BCUT2D eigenvalue weighted by Crippen LogP contribution is 2.42. The number of Topliss-reactive ketones (excluding diaryl/α,β-unsaturated/α-hetero) is 3. The molecule has 6 aliphatic heterocycles. The van der Waals surface area contributed by atoms with Crippen molar-refractivity contribution in [2.45, 2.75) is 323 Å². The van der Waals surface area contributed by atoms with Crippen molar-refractivity contribution < 1.29 is 156 Å². The average Bonchev–Trinajstić information content (AvgIpc) is 0.777. The summed E-state index contributed by atoms with van der Waals surface area (Å²) in [7, 11) is 4.65. The molecule has 131 heavy (non-hydrogen) atoms. The first-order valence-electron chi connectivity index (χ1n) is 45.1. The van der Waals surface area contributed by atoms with Gasteiger partial charge in [0.2, 0.25) is 18.9 Å². The molecule has 0 bridgehead atoms. The van der Waals surface area contributed by atoms with Crippen LogP contribution in [0.25, 0.3) is 0 Å². The highest BCUT2D eigenvalue weighted by molar-refractivity contribution is 5.85. The van der Waals surface area contributed by atoms with Gasteiger partial charge in [0.25, 0.3) is 5.92 Å². The van der Waals surface area contributed by atoms with E-state index in [2.05, 4.69) is 31.9 Å². The van der Waals surface area contributed by atoms with E-state index in [1.165, 1.54) is 27.8 Å². The van der Waals surface area contributed by atoms with Crippen molar-refractivity contribution in [3.05, 3.63) is 35.5 Å². The summed E-state index contributed by atoms with van der Waals surface area (Å²) in [5, 5.41) is 167. The quantitative estimate of drug-likeness (QED) is 0.0252. The van der Waals surface area contributed by atoms with E-state index in [9.17, 15) is 93.9 Å². The van der Waals surface area contributed by atoms with Gasteiger partial charge in [-0.2, -0.15) is 0 Å². The Labute approximate surface area is 761 Å². The second kappa shape index (κ2) is 53.3. The van der Waals surface area contributed by atoms with Crippen LogP contribution in [0.2, 0.25) is 0 Å². The van der Waals surface area contributed by atoms with Gasteiger partial charge in [0, 0.05) is 57.0 Å². The van der Waals surface area contributed by atoms with Gasteiger partial charge in [-0.25, -0.2) is 13.2 Å². The molecular formula is C82H154F3N17O29. The number of alkyl halides is 3. The minimum atomic E-state index is -3.87. The van der Waals surface area contributed by atoms with E-state index in [4.69, 9.17) is 125 Å². The van der Waals surface area contributed by atoms with E-state index in [1.54, 1.807) is 20.2 Å². The zero-order chi connectivity index (χ0) is 97.3. The number of unbranched alkanes of at least 4 members (excludes halogenated alkanes) is 2. The lowest BCUT2D eigenvalue weighted by Crippen LogP contribution is -2.67. The van der Waals surface area contributed by atoms with Gasteiger partial charge in [0.05, 0.1) is 113 Å². The van der Waals surface area contributed by atoms with Crippen LogP contribution >= 0.6 is 0 Å². The normalized spacial score (nSPS) is 39.4. The predicted molar refractivity (Wildman–Crippen MR) is 462 cm³/mol. The molecule has 6 fully saturated rings. The fourth-order valence-electron chi connectivity index (χ4n) is 18.0. The van der Waals surface area contributed by atoms with E-state index < -0.39 is 268 Å². The number of aliphatic hydroxyl groups is 14. The number of aliphatic hydroxyl groups excluding tert-OH is 11. The summed E-state index contributed by atoms with van der Waals surface area (Å²) < 4.78 is 114. The van der Waals surface area contributed by atoms with Crippen molar-refractivity contribution in [1.29, 1.82) is 0 Å². The molecule has 0 spiro atoms. The number of rotatable bonds is 46. The first-order chi connectivity index (χ1) is 61.9. The Morgan fingerprint density at radius 3 is 1.17 bits per heavy atom. The minimum Gasteiger partial charge on any atom is -0.467 e. The number of hydrogen-bond donors (Lipinski definition) is 31. The molecule has 0 amide bonds. The number of nitrogens with one attached hydrogen (secondary N) is 6. The summed E-state index contributed by atoms with van der Waals surface area (Å²) in [5.41, 5.74) is 59.9. The third-order valence-corrected chi connectivity index (χ3v) is 25.5.